The standard InChI is InChI=1S/C16H14BrF2NO2S/c17-11-2-1-3-13(8-11)22-6-7-23-10-16(21)20-12-4-5-14(18)15(19)9-12/h1-5,8-9H,6-7,10H2,(H,20,21). The maximum absolute atomic E-state index is 13.0. The summed E-state index contributed by atoms with van der Waals surface area (Å²) in [7, 11) is 0. The molecule has 1 amide bonds. The van der Waals surface area contributed by atoms with Crippen molar-refractivity contribution in [1.29, 1.82) is 0 Å². The second-order valence-corrected chi connectivity index (χ2v) is 6.56. The van der Waals surface area contributed by atoms with Crippen LogP contribution in [0.4, 0.5) is 14.5 Å². The minimum Gasteiger partial charge on any atom is -0.493 e. The maximum atomic E-state index is 13.0. The fraction of sp³-hybridized carbons (Fsp3) is 0.188. The number of anilines is 1. The number of halogens is 3. The molecule has 2 rings (SSSR count). The largest absolute Gasteiger partial charge is 0.493 e. The van der Waals surface area contributed by atoms with Crippen LogP contribution in [-0.4, -0.2) is 24.0 Å². The van der Waals surface area contributed by atoms with Crippen molar-refractivity contribution in [2.75, 3.05) is 23.4 Å². The first-order valence-corrected chi connectivity index (χ1v) is 8.70. The Labute approximate surface area is 145 Å². The number of carbonyl (C=O) groups excluding carboxylic acids is 1. The number of hydrogen-bond acceptors (Lipinski definition) is 3. The SMILES string of the molecule is O=C(CSCCOc1cccc(Br)c1)Nc1ccc(F)c(F)c1. The van der Waals surface area contributed by atoms with E-state index in [-0.39, 0.29) is 17.3 Å². The van der Waals surface area contributed by atoms with Crippen molar-refractivity contribution in [1.82, 2.24) is 0 Å². The molecule has 7 heteroatoms. The number of nitrogens with one attached hydrogen (secondary N) is 1. The summed E-state index contributed by atoms with van der Waals surface area (Å²) in [5.41, 5.74) is 0.236. The van der Waals surface area contributed by atoms with Crippen LogP contribution in [0.25, 0.3) is 0 Å². The topological polar surface area (TPSA) is 38.3 Å². The van der Waals surface area contributed by atoms with Gasteiger partial charge in [-0.1, -0.05) is 22.0 Å². The predicted molar refractivity (Wildman–Crippen MR) is 91.9 cm³/mol. The summed E-state index contributed by atoms with van der Waals surface area (Å²) in [5, 5.41) is 2.51. The van der Waals surface area contributed by atoms with Gasteiger partial charge in [0, 0.05) is 22.0 Å². The molecule has 3 nitrogen and oxygen atoms in total. The summed E-state index contributed by atoms with van der Waals surface area (Å²) in [5.74, 6) is -0.604. The lowest BCUT2D eigenvalue weighted by Gasteiger charge is -2.07. The first-order valence-electron chi connectivity index (χ1n) is 6.75. The molecule has 0 aliphatic rings. The minimum absolute atomic E-state index is 0.209. The molecule has 0 spiro atoms. The van der Waals surface area contributed by atoms with Crippen molar-refractivity contribution in [2.24, 2.45) is 0 Å². The Morgan fingerprint density at radius 1 is 1.17 bits per heavy atom. The van der Waals surface area contributed by atoms with E-state index in [0.717, 1.165) is 22.4 Å². The summed E-state index contributed by atoms with van der Waals surface area (Å²) >= 11 is 4.75. The zero-order chi connectivity index (χ0) is 16.7. The molecule has 0 aliphatic heterocycles. The summed E-state index contributed by atoms with van der Waals surface area (Å²) < 4.78 is 32.3. The van der Waals surface area contributed by atoms with Gasteiger partial charge in [-0.25, -0.2) is 8.78 Å². The molecule has 0 aliphatic carbocycles. The lowest BCUT2D eigenvalue weighted by molar-refractivity contribution is -0.113. The van der Waals surface area contributed by atoms with Crippen LogP contribution in [0.1, 0.15) is 0 Å². The summed E-state index contributed by atoms with van der Waals surface area (Å²) in [4.78, 5) is 11.7. The zero-order valence-corrected chi connectivity index (χ0v) is 14.4. The van der Waals surface area contributed by atoms with E-state index >= 15 is 0 Å². The van der Waals surface area contributed by atoms with Gasteiger partial charge in [0.1, 0.15) is 5.75 Å². The average Bonchev–Trinajstić information content (AvgIpc) is 2.51. The fourth-order valence-corrected chi connectivity index (χ4v) is 2.69. The average molecular weight is 402 g/mol. The van der Waals surface area contributed by atoms with E-state index in [1.54, 1.807) is 0 Å². The van der Waals surface area contributed by atoms with Crippen molar-refractivity contribution in [3.8, 4) is 5.75 Å². The van der Waals surface area contributed by atoms with Crippen LogP contribution in [0.3, 0.4) is 0 Å². The van der Waals surface area contributed by atoms with Crippen molar-refractivity contribution in [3.05, 3.63) is 58.6 Å². The highest BCUT2D eigenvalue weighted by molar-refractivity contribution is 9.10. The van der Waals surface area contributed by atoms with Gasteiger partial charge in [-0.15, -0.1) is 11.8 Å². The van der Waals surface area contributed by atoms with Gasteiger partial charge >= 0.3 is 0 Å². The molecule has 0 saturated carbocycles. The lowest BCUT2D eigenvalue weighted by atomic mass is 10.3. The van der Waals surface area contributed by atoms with Crippen molar-refractivity contribution in [3.63, 3.8) is 0 Å². The van der Waals surface area contributed by atoms with E-state index in [1.165, 1.54) is 17.8 Å². The van der Waals surface area contributed by atoms with Crippen molar-refractivity contribution < 1.29 is 18.3 Å². The number of amides is 1. The fourth-order valence-electron chi connectivity index (χ4n) is 1.71. The van der Waals surface area contributed by atoms with Crippen molar-refractivity contribution >= 4 is 39.3 Å². The van der Waals surface area contributed by atoms with Crippen LogP contribution in [0, 0.1) is 11.6 Å². The number of thioether (sulfide) groups is 1. The van der Waals surface area contributed by atoms with Crippen LogP contribution in [0.5, 0.6) is 5.75 Å². The molecule has 0 unspecified atom stereocenters. The molecule has 0 radical (unpaired) electrons. The number of carbonyl (C=O) groups is 1. The van der Waals surface area contributed by atoms with Gasteiger partial charge < -0.3 is 10.1 Å². The smallest absolute Gasteiger partial charge is 0.234 e. The quantitative estimate of drug-likeness (QED) is 0.695. The Kier molecular flexibility index (Phi) is 6.85. The first kappa shape index (κ1) is 17.7. The summed E-state index contributed by atoms with van der Waals surface area (Å²) in [6, 6.07) is 10.7. The Hall–Kier alpha value is -1.60. The third-order valence-corrected chi connectivity index (χ3v) is 4.14. The number of benzene rings is 2. The molecule has 0 fully saturated rings. The Bertz CT molecular complexity index is 685. The van der Waals surface area contributed by atoms with E-state index in [1.807, 2.05) is 24.3 Å². The van der Waals surface area contributed by atoms with Gasteiger partial charge in [-0.05, 0) is 30.3 Å². The molecule has 2 aromatic rings. The Morgan fingerprint density at radius 3 is 2.74 bits per heavy atom. The molecular weight excluding hydrogens is 388 g/mol. The van der Waals surface area contributed by atoms with E-state index in [4.69, 9.17) is 4.74 Å². The third kappa shape index (κ3) is 6.19. The summed E-state index contributed by atoms with van der Waals surface area (Å²) in [6.07, 6.45) is 0. The minimum atomic E-state index is -0.988. The second kappa shape index (κ2) is 8.88. The number of ether oxygens (including phenoxy) is 1. The first-order chi connectivity index (χ1) is 11.0. The van der Waals surface area contributed by atoms with E-state index in [2.05, 4.69) is 21.2 Å². The van der Waals surface area contributed by atoms with E-state index in [9.17, 15) is 13.6 Å². The van der Waals surface area contributed by atoms with Crippen LogP contribution in [-0.2, 0) is 4.79 Å². The van der Waals surface area contributed by atoms with Crippen LogP contribution < -0.4 is 10.1 Å². The van der Waals surface area contributed by atoms with E-state index in [0.29, 0.717) is 12.4 Å². The zero-order valence-electron chi connectivity index (χ0n) is 12.0. The molecule has 0 aromatic heterocycles. The molecule has 2 aromatic carbocycles. The van der Waals surface area contributed by atoms with Gasteiger partial charge in [0.2, 0.25) is 5.91 Å². The molecule has 23 heavy (non-hydrogen) atoms. The lowest BCUT2D eigenvalue weighted by Crippen LogP contribution is -2.15. The Morgan fingerprint density at radius 2 is 2.00 bits per heavy atom. The molecule has 122 valence electrons. The highest BCUT2D eigenvalue weighted by Gasteiger charge is 2.06. The van der Waals surface area contributed by atoms with Crippen LogP contribution in [0.2, 0.25) is 0 Å². The monoisotopic (exact) mass is 401 g/mol. The van der Waals surface area contributed by atoms with Crippen LogP contribution in [0.15, 0.2) is 46.9 Å². The number of hydrogen-bond donors (Lipinski definition) is 1. The second-order valence-electron chi connectivity index (χ2n) is 4.54. The van der Waals surface area contributed by atoms with Gasteiger partial charge in [-0.3, -0.25) is 4.79 Å². The number of rotatable bonds is 7. The van der Waals surface area contributed by atoms with Gasteiger partial charge in [0.15, 0.2) is 11.6 Å². The van der Waals surface area contributed by atoms with Gasteiger partial charge in [0.25, 0.3) is 0 Å². The van der Waals surface area contributed by atoms with E-state index < -0.39 is 11.6 Å². The third-order valence-electron chi connectivity index (χ3n) is 2.73. The highest BCUT2D eigenvalue weighted by atomic mass is 79.9. The maximum Gasteiger partial charge on any atom is 0.234 e. The normalized spacial score (nSPS) is 10.4. The molecule has 0 heterocycles. The highest BCUT2D eigenvalue weighted by Crippen LogP contribution is 2.18. The van der Waals surface area contributed by atoms with Crippen LogP contribution >= 0.6 is 27.7 Å². The van der Waals surface area contributed by atoms with Gasteiger partial charge in [0.05, 0.1) is 12.4 Å². The molecule has 0 bridgehead atoms. The van der Waals surface area contributed by atoms with Crippen molar-refractivity contribution in [2.45, 2.75) is 0 Å². The molecule has 1 N–H and O–H groups in total. The molecular formula is C16H14BrF2NO2S. The molecule has 0 atom stereocenters. The van der Waals surface area contributed by atoms with Gasteiger partial charge in [-0.2, -0.15) is 0 Å². The predicted octanol–water partition coefficient (Wildman–Crippen LogP) is 4.48. The summed E-state index contributed by atoms with van der Waals surface area (Å²) in [6.45, 7) is 0.472. The Balaban J connectivity index is 1.65. The molecule has 0 saturated heterocycles.